The van der Waals surface area contributed by atoms with E-state index in [0.29, 0.717) is 0 Å². The van der Waals surface area contributed by atoms with Gasteiger partial charge in [0.25, 0.3) is 6.26 Å². The first-order valence-corrected chi connectivity index (χ1v) is 2.79. The maximum Gasteiger partial charge on any atom is 0.466 e. The van der Waals surface area contributed by atoms with Crippen LogP contribution in [-0.4, -0.2) is 19.8 Å². The zero-order valence-corrected chi connectivity index (χ0v) is 4.49. The lowest BCUT2D eigenvalue weighted by atomic mass is 11.6. The van der Waals surface area contributed by atoms with E-state index in [-0.39, 0.29) is 0 Å². The molecular formula is CH4NO5P. The minimum absolute atomic E-state index is 0.750. The Morgan fingerprint density at radius 1 is 1.38 bits per heavy atom. The molecule has 48 valence electrons. The van der Waals surface area contributed by atoms with Gasteiger partial charge in [0.2, 0.25) is 0 Å². The summed E-state index contributed by atoms with van der Waals surface area (Å²) in [5.74, 6) is 0. The molecule has 0 amide bonds. The number of phosphoric acid groups is 1. The molecule has 0 aromatic carbocycles. The Morgan fingerprint density at radius 2 is 1.38 bits per heavy atom. The van der Waals surface area contributed by atoms with Crippen LogP contribution in [0, 0.1) is 11.5 Å². The molecule has 0 bridgehead atoms. The van der Waals surface area contributed by atoms with Gasteiger partial charge in [0.1, 0.15) is 0 Å². The minimum atomic E-state index is -4.64. The van der Waals surface area contributed by atoms with Gasteiger partial charge in [0.15, 0.2) is 0 Å². The number of nitriles is 1. The maximum absolute atomic E-state index is 8.88. The second-order valence-electron chi connectivity index (χ2n) is 0.613. The summed E-state index contributed by atoms with van der Waals surface area (Å²) in [6, 6.07) is 0. The Labute approximate surface area is 44.9 Å². The molecular weight excluding hydrogens is 137 g/mol. The van der Waals surface area contributed by atoms with Gasteiger partial charge in [-0.1, -0.05) is 0 Å². The van der Waals surface area contributed by atoms with Gasteiger partial charge in [0.05, 0.1) is 0 Å². The fourth-order valence-electron chi connectivity index (χ4n) is 0. The summed E-state index contributed by atoms with van der Waals surface area (Å²) < 4.78 is 8.88. The van der Waals surface area contributed by atoms with E-state index in [4.69, 9.17) is 29.6 Å². The molecule has 0 saturated heterocycles. The van der Waals surface area contributed by atoms with Crippen molar-refractivity contribution < 1.29 is 24.4 Å². The Kier molecular flexibility index (Phi) is 5.92. The normalized spacial score (nSPS) is 8.25. The summed E-state index contributed by atoms with van der Waals surface area (Å²) in [4.78, 5) is 21.6. The van der Waals surface area contributed by atoms with E-state index in [2.05, 4.69) is 0 Å². The summed E-state index contributed by atoms with van der Waals surface area (Å²) >= 11 is 0. The third-order valence-corrected chi connectivity index (χ3v) is 0. The Balaban J connectivity index is 0. The number of nitrogens with zero attached hydrogens (tertiary/aromatic N) is 1. The van der Waals surface area contributed by atoms with E-state index in [1.54, 1.807) is 0 Å². The fraction of sp³-hybridized carbons (Fsp3) is 0. The highest BCUT2D eigenvalue weighted by Gasteiger charge is 2.00. The molecule has 0 aliphatic carbocycles. The van der Waals surface area contributed by atoms with Crippen molar-refractivity contribution in [1.29, 1.82) is 5.26 Å². The standard InChI is InChI=1S/CHNO.H3O4P/c2-1-3;1-5(2,3)4/h3H;(H3,1,2,3,4). The highest BCUT2D eigenvalue weighted by Crippen LogP contribution is 2.25. The van der Waals surface area contributed by atoms with Crippen molar-refractivity contribution in [1.82, 2.24) is 0 Å². The SMILES string of the molecule is N#CO.O=P(O)(O)O. The lowest BCUT2D eigenvalue weighted by Crippen LogP contribution is -1.66. The lowest BCUT2D eigenvalue weighted by Gasteiger charge is -1.82. The predicted octanol–water partition coefficient (Wildman–Crippen LogP) is -1.09. The Bertz CT molecular complexity index is 111. The first kappa shape index (κ1) is 10.4. The average Bonchev–Trinajstić information content (AvgIpc) is 1.27. The van der Waals surface area contributed by atoms with Crippen molar-refractivity contribution in [3.8, 4) is 6.26 Å². The number of aliphatic hydroxyl groups is 1. The molecule has 0 radical (unpaired) electrons. The molecule has 0 atom stereocenters. The van der Waals surface area contributed by atoms with E-state index in [1.807, 2.05) is 0 Å². The van der Waals surface area contributed by atoms with Gasteiger partial charge in [-0.05, 0) is 0 Å². The molecule has 0 aliphatic heterocycles. The topological polar surface area (TPSA) is 122 Å². The van der Waals surface area contributed by atoms with Crippen LogP contribution in [-0.2, 0) is 4.57 Å². The molecule has 0 unspecified atom stereocenters. The molecule has 7 heteroatoms. The zero-order valence-electron chi connectivity index (χ0n) is 3.59. The van der Waals surface area contributed by atoms with E-state index >= 15 is 0 Å². The smallest absolute Gasteiger partial charge is 0.443 e. The van der Waals surface area contributed by atoms with Crippen molar-refractivity contribution in [2.24, 2.45) is 0 Å². The van der Waals surface area contributed by atoms with E-state index in [0.717, 1.165) is 6.26 Å². The van der Waals surface area contributed by atoms with Gasteiger partial charge in [-0.2, -0.15) is 5.26 Å². The number of rotatable bonds is 0. The summed E-state index contributed by atoms with van der Waals surface area (Å²) in [5.41, 5.74) is 0. The molecule has 0 rings (SSSR count). The van der Waals surface area contributed by atoms with Crippen LogP contribution >= 0.6 is 7.82 Å². The number of hydrogen-bond acceptors (Lipinski definition) is 3. The van der Waals surface area contributed by atoms with Crippen LogP contribution in [0.3, 0.4) is 0 Å². The average molecular weight is 141 g/mol. The van der Waals surface area contributed by atoms with Crippen molar-refractivity contribution >= 4 is 7.82 Å². The van der Waals surface area contributed by atoms with Gasteiger partial charge < -0.3 is 19.8 Å². The van der Waals surface area contributed by atoms with Crippen LogP contribution in [0.2, 0.25) is 0 Å². The monoisotopic (exact) mass is 141 g/mol. The quantitative estimate of drug-likeness (QED) is 0.251. The molecule has 0 fully saturated rings. The van der Waals surface area contributed by atoms with Gasteiger partial charge in [0, 0.05) is 0 Å². The number of aliphatic hydroxyl groups excluding tert-OH is 1. The molecule has 0 aromatic heterocycles. The van der Waals surface area contributed by atoms with Crippen LogP contribution in [0.5, 0.6) is 0 Å². The Morgan fingerprint density at radius 3 is 1.38 bits per heavy atom. The van der Waals surface area contributed by atoms with E-state index in [1.165, 1.54) is 0 Å². The first-order chi connectivity index (χ1) is 3.41. The zero-order chi connectivity index (χ0) is 7.21. The van der Waals surface area contributed by atoms with Crippen LogP contribution < -0.4 is 0 Å². The van der Waals surface area contributed by atoms with Crippen molar-refractivity contribution in [3.05, 3.63) is 0 Å². The molecule has 6 nitrogen and oxygen atoms in total. The Hall–Kier alpha value is -0.600. The van der Waals surface area contributed by atoms with Gasteiger partial charge in [-0.3, -0.25) is 0 Å². The lowest BCUT2D eigenvalue weighted by molar-refractivity contribution is 0.275. The fourth-order valence-corrected chi connectivity index (χ4v) is 0. The van der Waals surface area contributed by atoms with Gasteiger partial charge in [-0.25, -0.2) is 4.57 Å². The predicted molar refractivity (Wildman–Crippen MR) is 21.8 cm³/mol. The summed E-state index contributed by atoms with van der Waals surface area (Å²) in [5, 5.41) is 13.8. The highest BCUT2D eigenvalue weighted by atomic mass is 31.2. The molecule has 0 saturated carbocycles. The summed E-state index contributed by atoms with van der Waals surface area (Å²) in [7, 11) is -4.64. The van der Waals surface area contributed by atoms with E-state index in [9.17, 15) is 0 Å². The van der Waals surface area contributed by atoms with Gasteiger partial charge >= 0.3 is 7.82 Å². The second kappa shape index (κ2) is 4.56. The second-order valence-corrected chi connectivity index (χ2v) is 1.64. The van der Waals surface area contributed by atoms with Gasteiger partial charge in [-0.15, -0.1) is 0 Å². The van der Waals surface area contributed by atoms with Crippen LogP contribution in [0.1, 0.15) is 0 Å². The molecule has 0 aliphatic rings. The largest absolute Gasteiger partial charge is 0.466 e. The highest BCUT2D eigenvalue weighted by molar-refractivity contribution is 7.45. The van der Waals surface area contributed by atoms with E-state index < -0.39 is 7.82 Å². The first-order valence-electron chi connectivity index (χ1n) is 1.23. The maximum atomic E-state index is 8.88. The minimum Gasteiger partial charge on any atom is -0.443 e. The number of hydrogen-bond donors (Lipinski definition) is 4. The van der Waals surface area contributed by atoms with Crippen molar-refractivity contribution in [2.45, 2.75) is 0 Å². The molecule has 0 heterocycles. The van der Waals surface area contributed by atoms with Crippen molar-refractivity contribution in [2.75, 3.05) is 0 Å². The molecule has 0 aromatic rings. The molecule has 4 N–H and O–H groups in total. The molecule has 8 heavy (non-hydrogen) atoms. The van der Waals surface area contributed by atoms with Crippen LogP contribution in [0.4, 0.5) is 0 Å². The molecule has 0 spiro atoms. The van der Waals surface area contributed by atoms with Crippen molar-refractivity contribution in [3.63, 3.8) is 0 Å². The summed E-state index contributed by atoms with van der Waals surface area (Å²) in [6.45, 7) is 0. The summed E-state index contributed by atoms with van der Waals surface area (Å²) in [6.07, 6.45) is 0.750. The third-order valence-electron chi connectivity index (χ3n) is 0. The third kappa shape index (κ3) is 290. The van der Waals surface area contributed by atoms with Crippen LogP contribution in [0.15, 0.2) is 0 Å². The van der Waals surface area contributed by atoms with Crippen LogP contribution in [0.25, 0.3) is 0 Å².